The van der Waals surface area contributed by atoms with Crippen molar-refractivity contribution in [2.45, 2.75) is 19.9 Å². The van der Waals surface area contributed by atoms with Gasteiger partial charge in [-0.05, 0) is 5.92 Å². The zero-order valence-electron chi connectivity index (χ0n) is 11.1. The van der Waals surface area contributed by atoms with E-state index in [0.717, 1.165) is 19.6 Å². The summed E-state index contributed by atoms with van der Waals surface area (Å²) in [6.07, 6.45) is 0. The minimum Gasteiger partial charge on any atom is -0.353 e. The Hall–Kier alpha value is 0.320. The lowest BCUT2D eigenvalue weighted by Crippen LogP contribution is -2.46. The molecule has 0 saturated carbocycles. The molecule has 3 N–H and O–H groups in total. The minimum atomic E-state index is -0.378. The topological polar surface area (TPSA) is 58.4 Å². The molecule has 110 valence electrons. The van der Waals surface area contributed by atoms with Crippen molar-refractivity contribution in [1.82, 2.24) is 10.2 Å². The third-order valence-electron chi connectivity index (χ3n) is 2.85. The summed E-state index contributed by atoms with van der Waals surface area (Å²) in [4.78, 5) is 14.0. The van der Waals surface area contributed by atoms with Gasteiger partial charge in [0.25, 0.3) is 0 Å². The van der Waals surface area contributed by atoms with Gasteiger partial charge in [-0.2, -0.15) is 11.8 Å². The molecule has 0 aliphatic carbocycles. The third kappa shape index (κ3) is 7.69. The number of nitrogens with zero attached hydrogens (tertiary/aromatic N) is 1. The van der Waals surface area contributed by atoms with Crippen LogP contribution >= 0.6 is 36.6 Å². The molecule has 0 aromatic rings. The number of hydrogen-bond donors (Lipinski definition) is 2. The van der Waals surface area contributed by atoms with Crippen LogP contribution in [0, 0.1) is 5.92 Å². The van der Waals surface area contributed by atoms with E-state index in [9.17, 15) is 4.79 Å². The van der Waals surface area contributed by atoms with Crippen molar-refractivity contribution in [3.8, 4) is 0 Å². The second-order valence-electron chi connectivity index (χ2n) is 4.51. The Kier molecular flexibility index (Phi) is 12.8. The summed E-state index contributed by atoms with van der Waals surface area (Å²) in [7, 11) is 0. The number of thioether (sulfide) groups is 1. The predicted octanol–water partition coefficient (Wildman–Crippen LogP) is 0.978. The monoisotopic (exact) mass is 317 g/mol. The number of carbonyl (C=O) groups is 1. The van der Waals surface area contributed by atoms with Gasteiger partial charge in [0.05, 0.1) is 6.04 Å². The first-order valence-electron chi connectivity index (χ1n) is 5.94. The van der Waals surface area contributed by atoms with Gasteiger partial charge in [0.2, 0.25) is 5.91 Å². The summed E-state index contributed by atoms with van der Waals surface area (Å²) in [6, 6.07) is -0.378. The highest BCUT2D eigenvalue weighted by atomic mass is 35.5. The van der Waals surface area contributed by atoms with Crippen LogP contribution in [0.2, 0.25) is 0 Å². The number of nitrogens with one attached hydrogen (secondary N) is 1. The van der Waals surface area contributed by atoms with E-state index in [0.29, 0.717) is 6.54 Å². The number of halogens is 2. The molecule has 1 heterocycles. The molecule has 1 saturated heterocycles. The van der Waals surface area contributed by atoms with Gasteiger partial charge in [0, 0.05) is 37.7 Å². The predicted molar refractivity (Wildman–Crippen MR) is 84.1 cm³/mol. The van der Waals surface area contributed by atoms with Crippen molar-refractivity contribution in [2.75, 3.05) is 37.7 Å². The number of rotatable bonds is 5. The van der Waals surface area contributed by atoms with Crippen LogP contribution in [0.5, 0.6) is 0 Å². The van der Waals surface area contributed by atoms with Crippen molar-refractivity contribution in [2.24, 2.45) is 11.7 Å². The van der Waals surface area contributed by atoms with E-state index in [1.54, 1.807) is 0 Å². The van der Waals surface area contributed by atoms with Gasteiger partial charge >= 0.3 is 0 Å². The Morgan fingerprint density at radius 2 is 1.89 bits per heavy atom. The van der Waals surface area contributed by atoms with Crippen molar-refractivity contribution in [3.05, 3.63) is 0 Å². The van der Waals surface area contributed by atoms with Crippen LogP contribution < -0.4 is 11.1 Å². The Morgan fingerprint density at radius 3 is 2.39 bits per heavy atom. The molecule has 1 aliphatic rings. The average Bonchev–Trinajstić information content (AvgIpc) is 2.29. The fourth-order valence-corrected chi connectivity index (χ4v) is 2.56. The van der Waals surface area contributed by atoms with Crippen molar-refractivity contribution in [3.63, 3.8) is 0 Å². The number of amides is 1. The number of hydrogen-bond acceptors (Lipinski definition) is 4. The van der Waals surface area contributed by atoms with Gasteiger partial charge in [-0.15, -0.1) is 24.8 Å². The lowest BCUT2D eigenvalue weighted by atomic mass is 10.1. The first kappa shape index (κ1) is 20.6. The molecular weight excluding hydrogens is 293 g/mol. The van der Waals surface area contributed by atoms with E-state index >= 15 is 0 Å². The summed E-state index contributed by atoms with van der Waals surface area (Å²) >= 11 is 2.00. The highest BCUT2D eigenvalue weighted by Crippen LogP contribution is 2.07. The third-order valence-corrected chi connectivity index (χ3v) is 3.79. The standard InChI is InChI=1S/C11H23N3OS.2ClH/c1-9(2)10(12)11(15)13-3-4-14-5-7-16-8-6-14;;/h9-10H,3-8,12H2,1-2H3,(H,13,15);2*1H. The minimum absolute atomic E-state index is 0. The van der Waals surface area contributed by atoms with E-state index in [2.05, 4.69) is 10.2 Å². The van der Waals surface area contributed by atoms with E-state index in [-0.39, 0.29) is 42.7 Å². The molecular formula is C11H25Cl2N3OS. The van der Waals surface area contributed by atoms with Gasteiger partial charge in [-0.1, -0.05) is 13.8 Å². The second kappa shape index (κ2) is 11.2. The zero-order valence-corrected chi connectivity index (χ0v) is 13.5. The van der Waals surface area contributed by atoms with E-state index in [1.807, 2.05) is 25.6 Å². The fraction of sp³-hybridized carbons (Fsp3) is 0.909. The second-order valence-corrected chi connectivity index (χ2v) is 5.74. The van der Waals surface area contributed by atoms with Crippen LogP contribution in [0.25, 0.3) is 0 Å². The van der Waals surface area contributed by atoms with E-state index in [4.69, 9.17) is 5.73 Å². The molecule has 7 heteroatoms. The quantitative estimate of drug-likeness (QED) is 0.793. The van der Waals surface area contributed by atoms with Gasteiger partial charge in [0.1, 0.15) is 0 Å². The van der Waals surface area contributed by atoms with Crippen molar-refractivity contribution in [1.29, 1.82) is 0 Å². The van der Waals surface area contributed by atoms with Crippen molar-refractivity contribution >= 4 is 42.5 Å². The molecule has 0 spiro atoms. The SMILES string of the molecule is CC(C)C(N)C(=O)NCCN1CCSCC1.Cl.Cl. The Morgan fingerprint density at radius 1 is 1.33 bits per heavy atom. The molecule has 1 fully saturated rings. The molecule has 4 nitrogen and oxygen atoms in total. The maximum atomic E-state index is 11.6. The fourth-order valence-electron chi connectivity index (χ4n) is 1.58. The normalized spacial score (nSPS) is 17.6. The Balaban J connectivity index is 0. The summed E-state index contributed by atoms with van der Waals surface area (Å²) in [5.74, 6) is 2.59. The molecule has 1 aliphatic heterocycles. The van der Waals surface area contributed by atoms with Crippen LogP contribution in [0.15, 0.2) is 0 Å². The van der Waals surface area contributed by atoms with Crippen molar-refractivity contribution < 1.29 is 4.79 Å². The molecule has 1 amide bonds. The van der Waals surface area contributed by atoms with E-state index in [1.165, 1.54) is 11.5 Å². The summed E-state index contributed by atoms with van der Waals surface area (Å²) in [5.41, 5.74) is 5.75. The van der Waals surface area contributed by atoms with Crippen LogP contribution in [0.4, 0.5) is 0 Å². The molecule has 0 aromatic carbocycles. The summed E-state index contributed by atoms with van der Waals surface area (Å²) in [6.45, 7) is 7.85. The summed E-state index contributed by atoms with van der Waals surface area (Å²) < 4.78 is 0. The molecule has 1 unspecified atom stereocenters. The van der Waals surface area contributed by atoms with Crippen LogP contribution in [-0.4, -0.2) is 54.5 Å². The lowest BCUT2D eigenvalue weighted by Gasteiger charge is -2.26. The molecule has 0 aromatic heterocycles. The van der Waals surface area contributed by atoms with Gasteiger partial charge < -0.3 is 11.1 Å². The Bertz CT molecular complexity index is 226. The molecule has 0 radical (unpaired) electrons. The van der Waals surface area contributed by atoms with Crippen LogP contribution in [0.1, 0.15) is 13.8 Å². The molecule has 0 bridgehead atoms. The van der Waals surface area contributed by atoms with Crippen LogP contribution in [-0.2, 0) is 4.79 Å². The largest absolute Gasteiger partial charge is 0.353 e. The average molecular weight is 318 g/mol. The smallest absolute Gasteiger partial charge is 0.237 e. The highest BCUT2D eigenvalue weighted by molar-refractivity contribution is 7.99. The number of nitrogens with two attached hydrogens (primary N) is 1. The zero-order chi connectivity index (χ0) is 12.0. The van der Waals surface area contributed by atoms with Gasteiger partial charge in [-0.3, -0.25) is 9.69 Å². The first-order chi connectivity index (χ1) is 7.61. The van der Waals surface area contributed by atoms with Crippen LogP contribution in [0.3, 0.4) is 0 Å². The Labute approximate surface area is 127 Å². The van der Waals surface area contributed by atoms with Gasteiger partial charge in [-0.25, -0.2) is 0 Å². The van der Waals surface area contributed by atoms with E-state index < -0.39 is 0 Å². The maximum Gasteiger partial charge on any atom is 0.237 e. The van der Waals surface area contributed by atoms with Gasteiger partial charge in [0.15, 0.2) is 0 Å². The molecule has 1 rings (SSSR count). The lowest BCUT2D eigenvalue weighted by molar-refractivity contribution is -0.123. The summed E-state index contributed by atoms with van der Waals surface area (Å²) in [5, 5.41) is 2.90. The highest BCUT2D eigenvalue weighted by Gasteiger charge is 2.17. The molecule has 1 atom stereocenters. The number of carbonyl (C=O) groups excluding carboxylic acids is 1. The first-order valence-corrected chi connectivity index (χ1v) is 7.10. The molecule has 18 heavy (non-hydrogen) atoms. The maximum absolute atomic E-state index is 11.6.